The maximum absolute atomic E-state index is 12.2. The van der Waals surface area contributed by atoms with Crippen LogP contribution in [0.1, 0.15) is 27.2 Å². The molecule has 2 unspecified atom stereocenters. The smallest absolute Gasteiger partial charge is 0.382 e. The second-order valence-corrected chi connectivity index (χ2v) is 3.89. The number of rotatable bonds is 9. The molecule has 0 spiro atoms. The summed E-state index contributed by atoms with van der Waals surface area (Å²) in [6, 6.07) is 0. The standard InChI is InChI=1S/C11H22F3NO2/c1-4-16-7-5-6-15-8-9(2)17-10(3)11(12,13)14/h9-10,15H,4-8H2,1-3H3. The van der Waals surface area contributed by atoms with Crippen LogP contribution in [0.4, 0.5) is 13.2 Å². The van der Waals surface area contributed by atoms with Crippen molar-refractivity contribution >= 4 is 0 Å². The highest BCUT2D eigenvalue weighted by atomic mass is 19.4. The zero-order valence-electron chi connectivity index (χ0n) is 10.6. The highest BCUT2D eigenvalue weighted by molar-refractivity contribution is 4.65. The molecule has 0 saturated carbocycles. The second-order valence-electron chi connectivity index (χ2n) is 3.89. The Bertz CT molecular complexity index is 188. The van der Waals surface area contributed by atoms with E-state index in [1.807, 2.05) is 6.92 Å². The van der Waals surface area contributed by atoms with E-state index < -0.39 is 18.4 Å². The first-order chi connectivity index (χ1) is 7.88. The van der Waals surface area contributed by atoms with Crippen molar-refractivity contribution in [1.29, 1.82) is 0 Å². The van der Waals surface area contributed by atoms with Gasteiger partial charge in [0.1, 0.15) is 0 Å². The van der Waals surface area contributed by atoms with Gasteiger partial charge in [-0.2, -0.15) is 13.2 Å². The van der Waals surface area contributed by atoms with E-state index in [4.69, 9.17) is 9.47 Å². The first kappa shape index (κ1) is 16.7. The Labute approximate surface area is 101 Å². The zero-order chi connectivity index (χ0) is 13.3. The SMILES string of the molecule is CCOCCCNCC(C)OC(C)C(F)(F)F. The molecule has 0 aromatic rings. The average molecular weight is 257 g/mol. The molecule has 0 heterocycles. The van der Waals surface area contributed by atoms with Crippen LogP contribution in [0.2, 0.25) is 0 Å². The molecule has 0 aliphatic rings. The monoisotopic (exact) mass is 257 g/mol. The topological polar surface area (TPSA) is 30.5 Å². The molecule has 0 amide bonds. The van der Waals surface area contributed by atoms with Gasteiger partial charge in [0.05, 0.1) is 6.10 Å². The van der Waals surface area contributed by atoms with Gasteiger partial charge in [-0.1, -0.05) is 0 Å². The molecule has 0 rings (SSSR count). The average Bonchev–Trinajstić information content (AvgIpc) is 2.21. The quantitative estimate of drug-likeness (QED) is 0.643. The molecule has 0 aromatic carbocycles. The molecule has 3 nitrogen and oxygen atoms in total. The van der Waals surface area contributed by atoms with Gasteiger partial charge in [-0.25, -0.2) is 0 Å². The Morgan fingerprint density at radius 1 is 1.24 bits per heavy atom. The summed E-state index contributed by atoms with van der Waals surface area (Å²) < 4.78 is 46.5. The molecule has 0 aliphatic carbocycles. The highest BCUT2D eigenvalue weighted by Crippen LogP contribution is 2.23. The summed E-state index contributed by atoms with van der Waals surface area (Å²) in [6.07, 6.45) is -5.63. The third kappa shape index (κ3) is 9.38. The van der Waals surface area contributed by atoms with Gasteiger partial charge in [0.2, 0.25) is 0 Å². The van der Waals surface area contributed by atoms with Crippen LogP contribution < -0.4 is 5.32 Å². The van der Waals surface area contributed by atoms with Gasteiger partial charge in [-0.05, 0) is 33.7 Å². The summed E-state index contributed by atoms with van der Waals surface area (Å²) in [5, 5.41) is 3.03. The number of nitrogens with one attached hydrogen (secondary N) is 1. The zero-order valence-corrected chi connectivity index (χ0v) is 10.6. The minimum Gasteiger partial charge on any atom is -0.382 e. The minimum absolute atomic E-state index is 0.409. The fourth-order valence-electron chi connectivity index (χ4n) is 1.22. The summed E-state index contributed by atoms with van der Waals surface area (Å²) in [6.45, 7) is 7.03. The Morgan fingerprint density at radius 2 is 1.88 bits per heavy atom. The van der Waals surface area contributed by atoms with Gasteiger partial charge < -0.3 is 14.8 Å². The molecular weight excluding hydrogens is 235 g/mol. The van der Waals surface area contributed by atoms with Crippen molar-refractivity contribution in [3.63, 3.8) is 0 Å². The van der Waals surface area contributed by atoms with Gasteiger partial charge in [0.15, 0.2) is 6.10 Å². The van der Waals surface area contributed by atoms with E-state index in [0.29, 0.717) is 26.3 Å². The molecular formula is C11H22F3NO2. The lowest BCUT2D eigenvalue weighted by Gasteiger charge is -2.21. The molecule has 1 N–H and O–H groups in total. The maximum Gasteiger partial charge on any atom is 0.414 e. The normalized spacial score (nSPS) is 15.9. The number of hydrogen-bond donors (Lipinski definition) is 1. The first-order valence-corrected chi connectivity index (χ1v) is 5.88. The highest BCUT2D eigenvalue weighted by Gasteiger charge is 2.37. The molecule has 0 fully saturated rings. The van der Waals surface area contributed by atoms with Crippen molar-refractivity contribution < 1.29 is 22.6 Å². The van der Waals surface area contributed by atoms with Crippen molar-refractivity contribution in [2.45, 2.75) is 45.6 Å². The summed E-state index contributed by atoms with van der Waals surface area (Å²) in [7, 11) is 0. The van der Waals surface area contributed by atoms with Gasteiger partial charge in [0, 0.05) is 19.8 Å². The van der Waals surface area contributed by atoms with Crippen LogP contribution in [0.3, 0.4) is 0 Å². The molecule has 0 bridgehead atoms. The lowest BCUT2D eigenvalue weighted by Crippen LogP contribution is -2.36. The van der Waals surface area contributed by atoms with Crippen LogP contribution in [0.5, 0.6) is 0 Å². The Morgan fingerprint density at radius 3 is 2.41 bits per heavy atom. The number of ether oxygens (including phenoxy) is 2. The van der Waals surface area contributed by atoms with Gasteiger partial charge in [0.25, 0.3) is 0 Å². The van der Waals surface area contributed by atoms with E-state index in [1.165, 1.54) is 0 Å². The van der Waals surface area contributed by atoms with Gasteiger partial charge in [-0.15, -0.1) is 0 Å². The summed E-state index contributed by atoms with van der Waals surface area (Å²) in [4.78, 5) is 0. The lowest BCUT2D eigenvalue weighted by atomic mass is 10.3. The van der Waals surface area contributed by atoms with Gasteiger partial charge in [-0.3, -0.25) is 0 Å². The number of hydrogen-bond acceptors (Lipinski definition) is 3. The van der Waals surface area contributed by atoms with Crippen LogP contribution >= 0.6 is 0 Å². The first-order valence-electron chi connectivity index (χ1n) is 5.88. The predicted octanol–water partition coefficient (Wildman–Crippen LogP) is 2.36. The fraction of sp³-hybridized carbons (Fsp3) is 1.00. The van der Waals surface area contributed by atoms with Crippen LogP contribution in [-0.4, -0.2) is 44.7 Å². The molecule has 17 heavy (non-hydrogen) atoms. The largest absolute Gasteiger partial charge is 0.414 e. The van der Waals surface area contributed by atoms with Crippen LogP contribution in [0, 0.1) is 0 Å². The Kier molecular flexibility index (Phi) is 8.55. The Hall–Kier alpha value is -0.330. The summed E-state index contributed by atoms with van der Waals surface area (Å²) in [5.41, 5.74) is 0. The second kappa shape index (κ2) is 8.72. The van der Waals surface area contributed by atoms with Crippen molar-refractivity contribution in [3.05, 3.63) is 0 Å². The molecule has 0 saturated heterocycles. The molecule has 2 atom stereocenters. The number of halogens is 3. The van der Waals surface area contributed by atoms with Crippen molar-refractivity contribution in [1.82, 2.24) is 5.32 Å². The fourth-order valence-corrected chi connectivity index (χ4v) is 1.22. The molecule has 104 valence electrons. The Balaban J connectivity index is 3.50. The van der Waals surface area contributed by atoms with Gasteiger partial charge >= 0.3 is 6.18 Å². The van der Waals surface area contributed by atoms with Crippen LogP contribution in [0.15, 0.2) is 0 Å². The van der Waals surface area contributed by atoms with Crippen LogP contribution in [0.25, 0.3) is 0 Å². The van der Waals surface area contributed by atoms with Crippen molar-refractivity contribution in [3.8, 4) is 0 Å². The van der Waals surface area contributed by atoms with E-state index in [0.717, 1.165) is 13.3 Å². The molecule has 0 aliphatic heterocycles. The van der Waals surface area contributed by atoms with Crippen molar-refractivity contribution in [2.75, 3.05) is 26.3 Å². The van der Waals surface area contributed by atoms with Crippen LogP contribution in [-0.2, 0) is 9.47 Å². The third-order valence-electron chi connectivity index (χ3n) is 2.18. The molecule has 6 heteroatoms. The number of alkyl halides is 3. The summed E-state index contributed by atoms with van der Waals surface area (Å²) in [5.74, 6) is 0. The maximum atomic E-state index is 12.2. The van der Waals surface area contributed by atoms with E-state index in [1.54, 1.807) is 6.92 Å². The van der Waals surface area contributed by atoms with E-state index >= 15 is 0 Å². The molecule has 0 aromatic heterocycles. The lowest BCUT2D eigenvalue weighted by molar-refractivity contribution is -0.224. The minimum atomic E-state index is -4.29. The third-order valence-corrected chi connectivity index (χ3v) is 2.18. The van der Waals surface area contributed by atoms with E-state index in [-0.39, 0.29) is 0 Å². The summed E-state index contributed by atoms with van der Waals surface area (Å²) >= 11 is 0. The molecule has 0 radical (unpaired) electrons. The van der Waals surface area contributed by atoms with E-state index in [2.05, 4.69) is 5.32 Å². The predicted molar refractivity (Wildman–Crippen MR) is 60.0 cm³/mol. The van der Waals surface area contributed by atoms with E-state index in [9.17, 15) is 13.2 Å². The van der Waals surface area contributed by atoms with Crippen molar-refractivity contribution in [2.24, 2.45) is 0 Å².